The summed E-state index contributed by atoms with van der Waals surface area (Å²) in [7, 11) is 0. The SMILES string of the molecule is C#Cc1ccccc1C(C(=O)NCc1ccccc1)N(CCCCCC)C(=O)C(CC(C)C)NC(=O)OC(C)(C)C. The molecule has 222 valence electrons. The smallest absolute Gasteiger partial charge is 0.408 e. The Morgan fingerprint density at radius 3 is 2.24 bits per heavy atom. The average Bonchev–Trinajstić information content (AvgIpc) is 2.92. The van der Waals surface area contributed by atoms with E-state index in [-0.39, 0.29) is 17.7 Å². The monoisotopic (exact) mass is 561 g/mol. The van der Waals surface area contributed by atoms with Gasteiger partial charge in [0.25, 0.3) is 0 Å². The zero-order valence-electron chi connectivity index (χ0n) is 25.5. The molecule has 0 saturated carbocycles. The first kappa shape index (κ1) is 33.4. The number of amides is 3. The number of nitrogens with zero attached hydrogens (tertiary/aromatic N) is 1. The number of ether oxygens (including phenoxy) is 1. The molecule has 0 bridgehead atoms. The number of nitrogens with one attached hydrogen (secondary N) is 2. The molecule has 0 spiro atoms. The number of benzene rings is 2. The zero-order valence-corrected chi connectivity index (χ0v) is 25.5. The molecule has 2 aromatic carbocycles. The Balaban J connectivity index is 2.53. The van der Waals surface area contributed by atoms with Gasteiger partial charge in [-0.05, 0) is 56.7 Å². The summed E-state index contributed by atoms with van der Waals surface area (Å²) in [5.74, 6) is 2.12. The molecule has 3 amide bonds. The van der Waals surface area contributed by atoms with E-state index < -0.39 is 23.8 Å². The second-order valence-corrected chi connectivity index (χ2v) is 11.8. The second kappa shape index (κ2) is 16.5. The summed E-state index contributed by atoms with van der Waals surface area (Å²) in [4.78, 5) is 42.7. The summed E-state index contributed by atoms with van der Waals surface area (Å²) >= 11 is 0. The van der Waals surface area contributed by atoms with Gasteiger partial charge in [-0.15, -0.1) is 6.42 Å². The van der Waals surface area contributed by atoms with Gasteiger partial charge in [0.15, 0.2) is 0 Å². The third kappa shape index (κ3) is 11.3. The molecule has 0 aliphatic rings. The number of terminal acetylenes is 1. The van der Waals surface area contributed by atoms with Gasteiger partial charge < -0.3 is 20.3 Å². The minimum atomic E-state index is -0.977. The topological polar surface area (TPSA) is 87.7 Å². The number of hydrogen-bond donors (Lipinski definition) is 2. The summed E-state index contributed by atoms with van der Waals surface area (Å²) in [6.45, 7) is 12.1. The molecule has 41 heavy (non-hydrogen) atoms. The number of carbonyl (C=O) groups excluding carboxylic acids is 3. The van der Waals surface area contributed by atoms with E-state index in [2.05, 4.69) is 23.5 Å². The molecule has 2 unspecified atom stereocenters. The number of rotatable bonds is 14. The first-order valence-corrected chi connectivity index (χ1v) is 14.6. The maximum absolute atomic E-state index is 14.4. The summed E-state index contributed by atoms with van der Waals surface area (Å²) < 4.78 is 5.48. The van der Waals surface area contributed by atoms with Crippen LogP contribution in [0.25, 0.3) is 0 Å². The molecule has 0 radical (unpaired) electrons. The zero-order chi connectivity index (χ0) is 30.4. The van der Waals surface area contributed by atoms with Crippen LogP contribution in [0.15, 0.2) is 54.6 Å². The summed E-state index contributed by atoms with van der Waals surface area (Å²) in [5, 5.41) is 5.82. The van der Waals surface area contributed by atoms with Crippen molar-refractivity contribution >= 4 is 17.9 Å². The van der Waals surface area contributed by atoms with Crippen molar-refractivity contribution in [2.24, 2.45) is 5.92 Å². The largest absolute Gasteiger partial charge is 0.444 e. The molecule has 7 heteroatoms. The van der Waals surface area contributed by atoms with Gasteiger partial charge in [0.1, 0.15) is 17.7 Å². The van der Waals surface area contributed by atoms with Crippen molar-refractivity contribution in [1.82, 2.24) is 15.5 Å². The van der Waals surface area contributed by atoms with Gasteiger partial charge in [-0.3, -0.25) is 9.59 Å². The second-order valence-electron chi connectivity index (χ2n) is 11.8. The number of alkyl carbamates (subject to hydrolysis) is 1. The van der Waals surface area contributed by atoms with Gasteiger partial charge in [-0.2, -0.15) is 0 Å². The minimum Gasteiger partial charge on any atom is -0.444 e. The highest BCUT2D eigenvalue weighted by Crippen LogP contribution is 2.27. The van der Waals surface area contributed by atoms with Crippen LogP contribution >= 0.6 is 0 Å². The molecule has 2 rings (SSSR count). The van der Waals surface area contributed by atoms with Crippen molar-refractivity contribution in [1.29, 1.82) is 0 Å². The van der Waals surface area contributed by atoms with Gasteiger partial charge in [-0.25, -0.2) is 4.79 Å². The predicted molar refractivity (Wildman–Crippen MR) is 164 cm³/mol. The average molecular weight is 562 g/mol. The van der Waals surface area contributed by atoms with Crippen molar-refractivity contribution in [3.05, 3.63) is 71.3 Å². The van der Waals surface area contributed by atoms with Crippen LogP contribution < -0.4 is 10.6 Å². The summed E-state index contributed by atoms with van der Waals surface area (Å²) in [6.07, 6.45) is 9.24. The highest BCUT2D eigenvalue weighted by molar-refractivity contribution is 5.92. The van der Waals surface area contributed by atoms with E-state index >= 15 is 0 Å². The van der Waals surface area contributed by atoms with E-state index in [9.17, 15) is 14.4 Å². The lowest BCUT2D eigenvalue weighted by molar-refractivity contribution is -0.143. The van der Waals surface area contributed by atoms with Gasteiger partial charge >= 0.3 is 6.09 Å². The highest BCUT2D eigenvalue weighted by atomic mass is 16.6. The normalized spacial score (nSPS) is 12.6. The number of unbranched alkanes of at least 4 members (excludes halogenated alkanes) is 3. The van der Waals surface area contributed by atoms with Gasteiger partial charge in [0, 0.05) is 18.7 Å². The van der Waals surface area contributed by atoms with Crippen molar-refractivity contribution in [3.63, 3.8) is 0 Å². The van der Waals surface area contributed by atoms with E-state index in [4.69, 9.17) is 11.2 Å². The number of carbonyl (C=O) groups is 3. The summed E-state index contributed by atoms with van der Waals surface area (Å²) in [6, 6.07) is 15.0. The Labute approximate surface area is 246 Å². The van der Waals surface area contributed by atoms with E-state index in [1.54, 1.807) is 37.8 Å². The standard InChI is InChI=1S/C34H47N3O4/c1-8-10-11-17-22-37(32(39)29(23-25(3)4)36-33(40)41-34(5,6)7)30(28-21-16-15-20-27(28)9-2)31(38)35-24-26-18-13-12-14-19-26/h2,12-16,18-21,25,29-30H,8,10-11,17,22-24H2,1,3-7H3,(H,35,38)(H,36,40). The Bertz CT molecular complexity index is 1160. The van der Waals surface area contributed by atoms with Crippen LogP contribution in [-0.4, -0.2) is 41.0 Å². The lowest BCUT2D eigenvalue weighted by Crippen LogP contribution is -2.53. The molecular weight excluding hydrogens is 514 g/mol. The molecule has 2 aromatic rings. The molecule has 7 nitrogen and oxygen atoms in total. The van der Waals surface area contributed by atoms with Crippen LogP contribution in [0.1, 0.15) is 96.4 Å². The third-order valence-electron chi connectivity index (χ3n) is 6.51. The molecule has 0 aromatic heterocycles. The maximum Gasteiger partial charge on any atom is 0.408 e. The van der Waals surface area contributed by atoms with Crippen molar-refractivity contribution in [3.8, 4) is 12.3 Å². The van der Waals surface area contributed by atoms with Crippen molar-refractivity contribution in [2.75, 3.05) is 6.54 Å². The van der Waals surface area contributed by atoms with Crippen molar-refractivity contribution < 1.29 is 19.1 Å². The van der Waals surface area contributed by atoms with Crippen LogP contribution in [0.2, 0.25) is 0 Å². The van der Waals surface area contributed by atoms with E-state index in [0.717, 1.165) is 24.8 Å². The van der Waals surface area contributed by atoms with E-state index in [0.29, 0.717) is 37.1 Å². The predicted octanol–water partition coefficient (Wildman–Crippen LogP) is 6.37. The van der Waals surface area contributed by atoms with Crippen molar-refractivity contribution in [2.45, 2.75) is 97.9 Å². The van der Waals surface area contributed by atoms with E-state index in [1.165, 1.54) is 0 Å². The van der Waals surface area contributed by atoms with Crippen LogP contribution in [0.3, 0.4) is 0 Å². The Kier molecular flexibility index (Phi) is 13.4. The fourth-order valence-electron chi connectivity index (χ4n) is 4.62. The van der Waals surface area contributed by atoms with Gasteiger partial charge in [0.05, 0.1) is 0 Å². The molecule has 0 heterocycles. The Morgan fingerprint density at radius 2 is 1.63 bits per heavy atom. The Hall–Kier alpha value is -3.79. The minimum absolute atomic E-state index is 0.101. The van der Waals surface area contributed by atoms with Gasteiger partial charge in [0.2, 0.25) is 11.8 Å². The fraction of sp³-hybridized carbons (Fsp3) is 0.500. The molecule has 0 saturated heterocycles. The molecule has 2 N–H and O–H groups in total. The van der Waals surface area contributed by atoms with Gasteiger partial charge in [-0.1, -0.05) is 94.5 Å². The van der Waals surface area contributed by atoms with Crippen LogP contribution in [-0.2, 0) is 20.9 Å². The number of hydrogen-bond acceptors (Lipinski definition) is 4. The molecule has 2 atom stereocenters. The quantitative estimate of drug-likeness (QED) is 0.207. The van der Waals surface area contributed by atoms with Crippen LogP contribution in [0, 0.1) is 18.3 Å². The maximum atomic E-state index is 14.4. The molecule has 0 fully saturated rings. The summed E-state index contributed by atoms with van der Waals surface area (Å²) in [5.41, 5.74) is 1.33. The van der Waals surface area contributed by atoms with E-state index in [1.807, 2.05) is 56.3 Å². The van der Waals surface area contributed by atoms with Crippen LogP contribution in [0.5, 0.6) is 0 Å². The Morgan fingerprint density at radius 1 is 0.976 bits per heavy atom. The molecular formula is C34H47N3O4. The molecule has 0 aliphatic heterocycles. The first-order valence-electron chi connectivity index (χ1n) is 14.6. The first-order chi connectivity index (χ1) is 19.5. The highest BCUT2D eigenvalue weighted by Gasteiger charge is 2.37. The fourth-order valence-corrected chi connectivity index (χ4v) is 4.62. The lowest BCUT2D eigenvalue weighted by Gasteiger charge is -2.35. The lowest BCUT2D eigenvalue weighted by atomic mass is 9.95. The van der Waals surface area contributed by atoms with Crippen LogP contribution in [0.4, 0.5) is 4.79 Å². The third-order valence-corrected chi connectivity index (χ3v) is 6.51. The molecule has 0 aliphatic carbocycles.